The smallest absolute Gasteiger partial charge is 0.402 e. The van der Waals surface area contributed by atoms with Crippen LogP contribution in [0.1, 0.15) is 20.8 Å². The molecule has 2 nitrogen and oxygen atoms in total. The van der Waals surface area contributed by atoms with Crippen LogP contribution >= 0.6 is 23.2 Å². The van der Waals surface area contributed by atoms with Crippen LogP contribution in [-0.2, 0) is 5.54 Å². The van der Waals surface area contributed by atoms with Crippen molar-refractivity contribution in [1.82, 2.24) is 4.57 Å². The third-order valence-corrected chi connectivity index (χ3v) is 3.39. The lowest BCUT2D eigenvalue weighted by Crippen LogP contribution is -2.22. The first kappa shape index (κ1) is 15.3. The summed E-state index contributed by atoms with van der Waals surface area (Å²) in [5, 5.41) is 0.191. The number of aromatic nitrogens is 1. The Morgan fingerprint density at radius 3 is 2.20 bits per heavy atom. The highest BCUT2D eigenvalue weighted by Crippen LogP contribution is 2.45. The molecule has 0 N–H and O–H groups in total. The van der Waals surface area contributed by atoms with Crippen LogP contribution in [0.25, 0.3) is 10.9 Å². The standard InChI is InChI=1S/C13H12Cl2F3NO/c1-12(2,3)19-8-6-4-5-7(14)9(8)10(11(19)15)20-13(16,17)18/h4-6H,1-3H3. The molecule has 0 aliphatic heterocycles. The number of hydrogen-bond donors (Lipinski definition) is 0. The van der Waals surface area contributed by atoms with Crippen molar-refractivity contribution in [3.63, 3.8) is 0 Å². The second-order valence-electron chi connectivity index (χ2n) is 5.31. The number of benzene rings is 1. The molecule has 0 bridgehead atoms. The van der Waals surface area contributed by atoms with E-state index in [1.807, 2.05) is 20.8 Å². The minimum absolute atomic E-state index is 0.127. The summed E-state index contributed by atoms with van der Waals surface area (Å²) in [6, 6.07) is 4.80. The van der Waals surface area contributed by atoms with Crippen molar-refractivity contribution in [2.45, 2.75) is 32.7 Å². The molecule has 1 aromatic heterocycles. The fourth-order valence-corrected chi connectivity index (χ4v) is 2.83. The van der Waals surface area contributed by atoms with Crippen LogP contribution in [0.15, 0.2) is 18.2 Å². The van der Waals surface area contributed by atoms with Gasteiger partial charge < -0.3 is 9.30 Å². The Balaban J connectivity index is 2.84. The number of fused-ring (bicyclic) bond motifs is 1. The monoisotopic (exact) mass is 325 g/mol. The van der Waals surface area contributed by atoms with Gasteiger partial charge in [-0.1, -0.05) is 29.3 Å². The number of nitrogens with zero attached hydrogens (tertiary/aromatic N) is 1. The molecular weight excluding hydrogens is 314 g/mol. The van der Waals surface area contributed by atoms with Gasteiger partial charge >= 0.3 is 6.36 Å². The Labute approximate surface area is 124 Å². The van der Waals surface area contributed by atoms with Gasteiger partial charge in [0.25, 0.3) is 0 Å². The first-order valence-electron chi connectivity index (χ1n) is 5.77. The molecule has 0 saturated carbocycles. The van der Waals surface area contributed by atoms with Gasteiger partial charge in [0.15, 0.2) is 10.9 Å². The first-order valence-corrected chi connectivity index (χ1v) is 6.52. The minimum Gasteiger partial charge on any atom is -0.402 e. The third-order valence-electron chi connectivity index (χ3n) is 2.73. The molecule has 0 amide bonds. The summed E-state index contributed by atoms with van der Waals surface area (Å²) in [6.07, 6.45) is -4.83. The fourth-order valence-electron chi connectivity index (χ4n) is 2.10. The highest BCUT2D eigenvalue weighted by atomic mass is 35.5. The lowest BCUT2D eigenvalue weighted by Gasteiger charge is -2.23. The maximum Gasteiger partial charge on any atom is 0.573 e. The van der Waals surface area contributed by atoms with E-state index in [2.05, 4.69) is 4.74 Å². The average molecular weight is 326 g/mol. The van der Waals surface area contributed by atoms with E-state index in [1.165, 1.54) is 6.07 Å². The molecule has 2 aromatic rings. The first-order chi connectivity index (χ1) is 9.02. The summed E-state index contributed by atoms with van der Waals surface area (Å²) in [7, 11) is 0. The number of hydrogen-bond acceptors (Lipinski definition) is 1. The second-order valence-corrected chi connectivity index (χ2v) is 6.07. The molecule has 2 rings (SSSR count). The molecule has 0 fully saturated rings. The van der Waals surface area contributed by atoms with Crippen molar-refractivity contribution in [2.75, 3.05) is 0 Å². The van der Waals surface area contributed by atoms with Crippen molar-refractivity contribution in [3.05, 3.63) is 28.4 Å². The largest absolute Gasteiger partial charge is 0.573 e. The SMILES string of the molecule is CC(C)(C)n1c(Cl)c(OC(F)(F)F)c2c(Cl)cccc21. The Kier molecular flexibility index (Phi) is 3.63. The van der Waals surface area contributed by atoms with Gasteiger partial charge in [-0.3, -0.25) is 0 Å². The van der Waals surface area contributed by atoms with Gasteiger partial charge in [0.2, 0.25) is 0 Å². The summed E-state index contributed by atoms with van der Waals surface area (Å²) in [4.78, 5) is 0. The predicted molar refractivity (Wildman–Crippen MR) is 73.6 cm³/mol. The van der Waals surface area contributed by atoms with E-state index in [1.54, 1.807) is 16.7 Å². The number of halogens is 5. The van der Waals surface area contributed by atoms with Crippen LogP contribution in [-0.4, -0.2) is 10.9 Å². The molecule has 20 heavy (non-hydrogen) atoms. The zero-order chi connectivity index (χ0) is 15.3. The Morgan fingerprint density at radius 1 is 1.10 bits per heavy atom. The van der Waals surface area contributed by atoms with Gasteiger partial charge in [-0.2, -0.15) is 0 Å². The second kappa shape index (κ2) is 4.74. The Bertz CT molecular complexity index is 656. The summed E-state index contributed by atoms with van der Waals surface area (Å²) in [6.45, 7) is 5.49. The topological polar surface area (TPSA) is 14.2 Å². The Morgan fingerprint density at radius 2 is 1.70 bits per heavy atom. The average Bonchev–Trinajstić information content (AvgIpc) is 2.50. The van der Waals surface area contributed by atoms with Crippen LogP contribution in [0.3, 0.4) is 0 Å². The zero-order valence-electron chi connectivity index (χ0n) is 11.0. The Hall–Kier alpha value is -1.07. The van der Waals surface area contributed by atoms with Crippen molar-refractivity contribution >= 4 is 34.1 Å². The van der Waals surface area contributed by atoms with Crippen molar-refractivity contribution in [1.29, 1.82) is 0 Å². The highest BCUT2D eigenvalue weighted by Gasteiger charge is 2.36. The van der Waals surface area contributed by atoms with Gasteiger partial charge in [-0.25, -0.2) is 0 Å². The van der Waals surface area contributed by atoms with E-state index >= 15 is 0 Å². The summed E-state index contributed by atoms with van der Waals surface area (Å²) in [5.41, 5.74) is -0.0259. The minimum atomic E-state index is -4.83. The van der Waals surface area contributed by atoms with Gasteiger partial charge in [0.05, 0.1) is 15.9 Å². The van der Waals surface area contributed by atoms with Crippen molar-refractivity contribution < 1.29 is 17.9 Å². The molecule has 0 atom stereocenters. The van der Waals surface area contributed by atoms with Crippen LogP contribution in [0, 0.1) is 0 Å². The molecule has 0 saturated heterocycles. The molecule has 110 valence electrons. The lowest BCUT2D eigenvalue weighted by atomic mass is 10.1. The van der Waals surface area contributed by atoms with E-state index in [0.717, 1.165) is 0 Å². The zero-order valence-corrected chi connectivity index (χ0v) is 12.5. The van der Waals surface area contributed by atoms with Crippen molar-refractivity contribution in [3.8, 4) is 5.75 Å². The third kappa shape index (κ3) is 2.69. The quantitative estimate of drug-likeness (QED) is 0.665. The maximum absolute atomic E-state index is 12.6. The van der Waals surface area contributed by atoms with E-state index in [9.17, 15) is 13.2 Å². The molecule has 1 heterocycles. The van der Waals surface area contributed by atoms with Gasteiger partial charge in [0, 0.05) is 5.54 Å². The molecule has 0 unspecified atom stereocenters. The maximum atomic E-state index is 12.6. The highest BCUT2D eigenvalue weighted by molar-refractivity contribution is 6.38. The number of rotatable bonds is 1. The molecule has 0 aliphatic carbocycles. The van der Waals surface area contributed by atoms with Gasteiger partial charge in [-0.05, 0) is 32.9 Å². The molecular formula is C13H12Cl2F3NO. The predicted octanol–water partition coefficient (Wildman–Crippen LogP) is 5.60. The summed E-state index contributed by atoms with van der Waals surface area (Å²) in [5.74, 6) is -0.463. The molecule has 1 aromatic carbocycles. The van der Waals surface area contributed by atoms with E-state index < -0.39 is 17.7 Å². The molecule has 7 heteroatoms. The van der Waals surface area contributed by atoms with Crippen LogP contribution < -0.4 is 4.74 Å². The van der Waals surface area contributed by atoms with Crippen LogP contribution in [0.4, 0.5) is 13.2 Å². The van der Waals surface area contributed by atoms with E-state index in [0.29, 0.717) is 5.52 Å². The molecule has 0 aliphatic rings. The molecule has 0 radical (unpaired) electrons. The molecule has 0 spiro atoms. The number of alkyl halides is 3. The van der Waals surface area contributed by atoms with Crippen molar-refractivity contribution in [2.24, 2.45) is 0 Å². The van der Waals surface area contributed by atoms with E-state index in [4.69, 9.17) is 23.2 Å². The van der Waals surface area contributed by atoms with Crippen LogP contribution in [0.5, 0.6) is 5.75 Å². The van der Waals surface area contributed by atoms with Crippen LogP contribution in [0.2, 0.25) is 10.2 Å². The fraction of sp³-hybridized carbons (Fsp3) is 0.385. The van der Waals surface area contributed by atoms with E-state index in [-0.39, 0.29) is 15.6 Å². The van der Waals surface area contributed by atoms with Gasteiger partial charge in [-0.15, -0.1) is 13.2 Å². The normalized spacial score (nSPS) is 13.0. The number of ether oxygens (including phenoxy) is 1. The van der Waals surface area contributed by atoms with Gasteiger partial charge in [0.1, 0.15) is 0 Å². The summed E-state index contributed by atoms with van der Waals surface area (Å²) < 4.78 is 43.3. The lowest BCUT2D eigenvalue weighted by molar-refractivity contribution is -0.274. The summed E-state index contributed by atoms with van der Waals surface area (Å²) >= 11 is 12.1.